The highest BCUT2D eigenvalue weighted by atomic mass is 16.5. The molecule has 5 nitrogen and oxygen atoms in total. The van der Waals surface area contributed by atoms with Crippen LogP contribution in [-0.4, -0.2) is 48.4 Å². The number of piperidine rings is 2. The fourth-order valence-corrected chi connectivity index (χ4v) is 4.38. The molecule has 0 bridgehead atoms. The van der Waals surface area contributed by atoms with Crippen molar-refractivity contribution in [3.05, 3.63) is 42.5 Å². The lowest BCUT2D eigenvalue weighted by Crippen LogP contribution is -2.49. The Morgan fingerprint density at radius 3 is 2.74 bits per heavy atom. The van der Waals surface area contributed by atoms with Crippen molar-refractivity contribution >= 4 is 11.8 Å². The summed E-state index contributed by atoms with van der Waals surface area (Å²) in [5.74, 6) is 1.35. The van der Waals surface area contributed by atoms with Gasteiger partial charge in [0.05, 0.1) is 19.1 Å². The third-order valence-corrected chi connectivity index (χ3v) is 5.90. The summed E-state index contributed by atoms with van der Waals surface area (Å²) >= 11 is 0. The van der Waals surface area contributed by atoms with Gasteiger partial charge in [-0.3, -0.25) is 9.59 Å². The van der Waals surface area contributed by atoms with Gasteiger partial charge in [-0.2, -0.15) is 0 Å². The Labute approximate surface area is 162 Å². The van der Waals surface area contributed by atoms with E-state index in [2.05, 4.69) is 19.6 Å². The largest absolute Gasteiger partial charge is 0.496 e. The fraction of sp³-hybridized carbons (Fsp3) is 0.545. The lowest BCUT2D eigenvalue weighted by molar-refractivity contribution is -0.143. The number of carbonyl (C=O) groups is 2. The van der Waals surface area contributed by atoms with Gasteiger partial charge in [0, 0.05) is 25.2 Å². The zero-order chi connectivity index (χ0) is 19.4. The van der Waals surface area contributed by atoms with Gasteiger partial charge in [-0.15, -0.1) is 0 Å². The predicted molar refractivity (Wildman–Crippen MR) is 105 cm³/mol. The minimum absolute atomic E-state index is 0.0304. The van der Waals surface area contributed by atoms with Crippen LogP contribution in [0.3, 0.4) is 0 Å². The quantitative estimate of drug-likeness (QED) is 0.763. The third-order valence-electron chi connectivity index (χ3n) is 5.90. The summed E-state index contributed by atoms with van der Waals surface area (Å²) in [4.78, 5) is 29.2. The lowest BCUT2D eigenvalue weighted by atomic mass is 9.86. The average Bonchev–Trinajstić information content (AvgIpc) is 2.72. The number of nitrogens with zero attached hydrogens (tertiary/aromatic N) is 2. The average molecular weight is 370 g/mol. The molecular formula is C22H30N2O3. The molecule has 0 saturated carbocycles. The zero-order valence-corrected chi connectivity index (χ0v) is 16.4. The van der Waals surface area contributed by atoms with Gasteiger partial charge in [0.1, 0.15) is 5.75 Å². The maximum atomic E-state index is 13.4. The van der Waals surface area contributed by atoms with E-state index in [1.165, 1.54) is 6.08 Å². The molecule has 0 radical (unpaired) electrons. The molecule has 3 rings (SSSR count). The highest BCUT2D eigenvalue weighted by Crippen LogP contribution is 2.39. The van der Waals surface area contributed by atoms with Crippen molar-refractivity contribution in [3.63, 3.8) is 0 Å². The summed E-state index contributed by atoms with van der Waals surface area (Å²) in [5, 5.41) is 0. The van der Waals surface area contributed by atoms with Crippen molar-refractivity contribution < 1.29 is 14.3 Å². The highest BCUT2D eigenvalue weighted by molar-refractivity contribution is 5.88. The molecule has 0 aromatic heterocycles. The van der Waals surface area contributed by atoms with Crippen LogP contribution in [0.4, 0.5) is 0 Å². The first kappa shape index (κ1) is 19.5. The van der Waals surface area contributed by atoms with Gasteiger partial charge in [0.25, 0.3) is 0 Å². The van der Waals surface area contributed by atoms with Crippen molar-refractivity contribution in [2.24, 2.45) is 11.8 Å². The van der Waals surface area contributed by atoms with Gasteiger partial charge in [-0.1, -0.05) is 31.7 Å². The van der Waals surface area contributed by atoms with Crippen molar-refractivity contribution in [3.8, 4) is 5.75 Å². The first-order valence-corrected chi connectivity index (χ1v) is 9.89. The Balaban J connectivity index is 1.83. The first-order chi connectivity index (χ1) is 13.0. The van der Waals surface area contributed by atoms with E-state index in [-0.39, 0.29) is 23.8 Å². The highest BCUT2D eigenvalue weighted by Gasteiger charge is 2.37. The van der Waals surface area contributed by atoms with E-state index in [9.17, 15) is 9.59 Å². The molecule has 2 fully saturated rings. The number of benzene rings is 1. The second kappa shape index (κ2) is 8.59. The van der Waals surface area contributed by atoms with Crippen LogP contribution in [0.5, 0.6) is 5.75 Å². The number of likely N-dealkylation sites (tertiary alicyclic amines) is 2. The lowest BCUT2D eigenvalue weighted by Gasteiger charge is -2.42. The Morgan fingerprint density at radius 1 is 1.22 bits per heavy atom. The minimum atomic E-state index is -0.131. The fourth-order valence-electron chi connectivity index (χ4n) is 4.38. The van der Waals surface area contributed by atoms with Gasteiger partial charge < -0.3 is 14.5 Å². The Morgan fingerprint density at radius 2 is 2.00 bits per heavy atom. The van der Waals surface area contributed by atoms with Crippen LogP contribution in [0, 0.1) is 11.8 Å². The molecule has 2 heterocycles. The summed E-state index contributed by atoms with van der Waals surface area (Å²) in [6, 6.07) is 8.02. The Bertz CT molecular complexity index is 703. The summed E-state index contributed by atoms with van der Waals surface area (Å²) in [6.07, 6.45) is 4.99. The molecule has 1 aromatic carbocycles. The molecule has 2 amide bonds. The molecule has 5 heteroatoms. The molecule has 3 atom stereocenters. The van der Waals surface area contributed by atoms with Crippen LogP contribution in [0.2, 0.25) is 0 Å². The van der Waals surface area contributed by atoms with Gasteiger partial charge in [-0.25, -0.2) is 0 Å². The molecule has 0 spiro atoms. The van der Waals surface area contributed by atoms with Crippen LogP contribution < -0.4 is 4.74 Å². The zero-order valence-electron chi connectivity index (χ0n) is 16.4. The van der Waals surface area contributed by atoms with Gasteiger partial charge in [0.15, 0.2) is 0 Å². The van der Waals surface area contributed by atoms with E-state index in [1.54, 1.807) is 12.0 Å². The molecule has 0 N–H and O–H groups in total. The van der Waals surface area contributed by atoms with Crippen molar-refractivity contribution in [1.29, 1.82) is 0 Å². The molecule has 146 valence electrons. The van der Waals surface area contributed by atoms with E-state index in [0.29, 0.717) is 19.0 Å². The SMILES string of the molecule is C=CC(=O)N1CCCC(C(=O)N2CC[C@@H](C)C[C@H]2c2ccccc2OC)C1. The normalized spacial score (nSPS) is 25.8. The van der Waals surface area contributed by atoms with E-state index in [1.807, 2.05) is 23.1 Å². The molecule has 2 aliphatic heterocycles. The van der Waals surface area contributed by atoms with Crippen molar-refractivity contribution in [1.82, 2.24) is 9.80 Å². The van der Waals surface area contributed by atoms with Crippen LogP contribution in [0.15, 0.2) is 36.9 Å². The van der Waals surface area contributed by atoms with E-state index in [4.69, 9.17) is 4.74 Å². The predicted octanol–water partition coefficient (Wildman–Crippen LogP) is 3.42. The molecule has 2 saturated heterocycles. The van der Waals surface area contributed by atoms with Gasteiger partial charge in [-0.05, 0) is 43.7 Å². The van der Waals surface area contributed by atoms with Crippen molar-refractivity contribution in [2.45, 2.75) is 38.6 Å². The number of hydrogen-bond donors (Lipinski definition) is 0. The van der Waals surface area contributed by atoms with Crippen LogP contribution in [0.25, 0.3) is 0 Å². The maximum Gasteiger partial charge on any atom is 0.245 e. The summed E-state index contributed by atoms with van der Waals surface area (Å²) in [6.45, 7) is 7.78. The molecule has 1 unspecified atom stereocenters. The van der Waals surface area contributed by atoms with Gasteiger partial charge in [0.2, 0.25) is 11.8 Å². The second-order valence-electron chi connectivity index (χ2n) is 7.75. The van der Waals surface area contributed by atoms with Gasteiger partial charge >= 0.3 is 0 Å². The number of hydrogen-bond acceptors (Lipinski definition) is 3. The number of carbonyl (C=O) groups excluding carboxylic acids is 2. The minimum Gasteiger partial charge on any atom is -0.496 e. The monoisotopic (exact) mass is 370 g/mol. The van der Waals surface area contributed by atoms with Crippen LogP contribution >= 0.6 is 0 Å². The second-order valence-corrected chi connectivity index (χ2v) is 7.75. The number of ether oxygens (including phenoxy) is 1. The number of amides is 2. The molecular weight excluding hydrogens is 340 g/mol. The maximum absolute atomic E-state index is 13.4. The number of para-hydroxylation sites is 1. The van der Waals surface area contributed by atoms with E-state index < -0.39 is 0 Å². The molecule has 2 aliphatic rings. The molecule has 1 aromatic rings. The topological polar surface area (TPSA) is 49.9 Å². The number of methoxy groups -OCH3 is 1. The summed E-state index contributed by atoms with van der Waals surface area (Å²) in [7, 11) is 1.68. The smallest absolute Gasteiger partial charge is 0.245 e. The van der Waals surface area contributed by atoms with Crippen LogP contribution in [0.1, 0.15) is 44.2 Å². The molecule has 27 heavy (non-hydrogen) atoms. The third kappa shape index (κ3) is 4.18. The number of rotatable bonds is 4. The van der Waals surface area contributed by atoms with E-state index in [0.717, 1.165) is 43.5 Å². The summed E-state index contributed by atoms with van der Waals surface area (Å²) in [5.41, 5.74) is 1.08. The Hall–Kier alpha value is -2.30. The first-order valence-electron chi connectivity index (χ1n) is 9.89. The van der Waals surface area contributed by atoms with E-state index >= 15 is 0 Å². The van der Waals surface area contributed by atoms with Crippen molar-refractivity contribution in [2.75, 3.05) is 26.7 Å². The summed E-state index contributed by atoms with van der Waals surface area (Å²) < 4.78 is 5.57. The van der Waals surface area contributed by atoms with Crippen LogP contribution in [-0.2, 0) is 9.59 Å². The Kier molecular flexibility index (Phi) is 6.19. The molecule has 0 aliphatic carbocycles. The standard InChI is InChI=1S/C22H30N2O3/c1-4-21(25)23-12-7-8-17(15-23)22(26)24-13-11-16(2)14-19(24)18-9-5-6-10-20(18)27-3/h4-6,9-10,16-17,19H,1,7-8,11-15H2,2-3H3/t16-,17?,19+/m1/s1.